The van der Waals surface area contributed by atoms with Gasteiger partial charge in [0.25, 0.3) is 5.95 Å². The molecule has 0 aromatic carbocycles. The molecule has 0 atom stereocenters. The number of hydrogen-bond donors (Lipinski definition) is 2. The summed E-state index contributed by atoms with van der Waals surface area (Å²) in [6.07, 6.45) is 0.246. The van der Waals surface area contributed by atoms with E-state index in [9.17, 15) is 13.2 Å². The standard InChI is InChI=1S/C8H14N4O4S/c1-6-9-8(11-10-6)12-17(14,15)5-3-4-7(13)16-2/h3-5H2,1-2H3,(H2,9,10,11,12). The number of aryl methyl sites for hydroxylation is 1. The monoisotopic (exact) mass is 262 g/mol. The summed E-state index contributed by atoms with van der Waals surface area (Å²) in [5, 5.41) is 6.15. The minimum absolute atomic E-state index is 0.000526. The number of carbonyl (C=O) groups is 1. The highest BCUT2D eigenvalue weighted by Gasteiger charge is 2.14. The molecule has 1 rings (SSSR count). The Hall–Kier alpha value is -1.64. The predicted octanol–water partition coefficient (Wildman–Crippen LogP) is -0.192. The zero-order valence-corrected chi connectivity index (χ0v) is 10.4. The quantitative estimate of drug-likeness (QED) is 0.687. The van der Waals surface area contributed by atoms with Gasteiger partial charge in [0.1, 0.15) is 5.82 Å². The largest absolute Gasteiger partial charge is 0.469 e. The van der Waals surface area contributed by atoms with Crippen molar-refractivity contribution < 1.29 is 17.9 Å². The van der Waals surface area contributed by atoms with Crippen LogP contribution in [0.3, 0.4) is 0 Å². The minimum atomic E-state index is -3.53. The molecule has 0 bridgehead atoms. The third-order valence-corrected chi connectivity index (χ3v) is 3.19. The maximum absolute atomic E-state index is 11.5. The number of carbonyl (C=O) groups excluding carboxylic acids is 1. The molecule has 0 aliphatic carbocycles. The fourth-order valence-corrected chi connectivity index (χ4v) is 2.08. The van der Waals surface area contributed by atoms with E-state index in [2.05, 4.69) is 24.6 Å². The molecule has 96 valence electrons. The van der Waals surface area contributed by atoms with Crippen LogP contribution in [0.4, 0.5) is 5.95 Å². The van der Waals surface area contributed by atoms with Gasteiger partial charge < -0.3 is 4.74 Å². The Morgan fingerprint density at radius 3 is 2.76 bits per heavy atom. The van der Waals surface area contributed by atoms with E-state index < -0.39 is 16.0 Å². The highest BCUT2D eigenvalue weighted by molar-refractivity contribution is 7.92. The number of sulfonamides is 1. The van der Waals surface area contributed by atoms with Crippen molar-refractivity contribution in [3.63, 3.8) is 0 Å². The van der Waals surface area contributed by atoms with Gasteiger partial charge in [0.15, 0.2) is 0 Å². The molecule has 0 saturated carbocycles. The summed E-state index contributed by atoms with van der Waals surface area (Å²) >= 11 is 0. The van der Waals surface area contributed by atoms with Crippen molar-refractivity contribution in [2.45, 2.75) is 19.8 Å². The lowest BCUT2D eigenvalue weighted by Crippen LogP contribution is -2.18. The van der Waals surface area contributed by atoms with E-state index in [0.717, 1.165) is 0 Å². The maximum atomic E-state index is 11.5. The van der Waals surface area contributed by atoms with Crippen LogP contribution in [-0.4, -0.2) is 42.4 Å². The van der Waals surface area contributed by atoms with E-state index >= 15 is 0 Å². The van der Waals surface area contributed by atoms with Crippen LogP contribution in [0.1, 0.15) is 18.7 Å². The summed E-state index contributed by atoms with van der Waals surface area (Å²) in [5.41, 5.74) is 0. The molecular formula is C8H14N4O4S. The van der Waals surface area contributed by atoms with Gasteiger partial charge in [-0.3, -0.25) is 9.89 Å². The number of hydrogen-bond acceptors (Lipinski definition) is 6. The number of ether oxygens (including phenoxy) is 1. The molecule has 0 fully saturated rings. The molecule has 17 heavy (non-hydrogen) atoms. The summed E-state index contributed by atoms with van der Waals surface area (Å²) in [4.78, 5) is 14.6. The fourth-order valence-electron chi connectivity index (χ4n) is 1.09. The second-order valence-corrected chi connectivity index (χ2v) is 5.19. The molecule has 0 aliphatic rings. The maximum Gasteiger partial charge on any atom is 0.305 e. The molecule has 9 heteroatoms. The third-order valence-electron chi connectivity index (χ3n) is 1.87. The van der Waals surface area contributed by atoms with Crippen LogP contribution < -0.4 is 4.72 Å². The Morgan fingerprint density at radius 1 is 1.53 bits per heavy atom. The second kappa shape index (κ2) is 5.62. The van der Waals surface area contributed by atoms with Crippen LogP contribution >= 0.6 is 0 Å². The first-order valence-electron chi connectivity index (χ1n) is 4.89. The summed E-state index contributed by atoms with van der Waals surface area (Å²) in [6.45, 7) is 1.65. The molecule has 8 nitrogen and oxygen atoms in total. The highest BCUT2D eigenvalue weighted by Crippen LogP contribution is 2.04. The second-order valence-electron chi connectivity index (χ2n) is 3.35. The topological polar surface area (TPSA) is 114 Å². The smallest absolute Gasteiger partial charge is 0.305 e. The Kier molecular flexibility index (Phi) is 4.44. The molecule has 0 unspecified atom stereocenters. The molecule has 0 radical (unpaired) electrons. The van der Waals surface area contributed by atoms with Crippen LogP contribution in [0, 0.1) is 6.92 Å². The number of methoxy groups -OCH3 is 1. The summed E-state index contributed by atoms with van der Waals surface area (Å²) < 4.78 is 29.6. The Balaban J connectivity index is 2.44. The number of anilines is 1. The van der Waals surface area contributed by atoms with Crippen molar-refractivity contribution >= 4 is 21.9 Å². The van der Waals surface area contributed by atoms with E-state index in [-0.39, 0.29) is 24.5 Å². The summed E-state index contributed by atoms with van der Waals surface area (Å²) in [5.74, 6) is -0.109. The first kappa shape index (κ1) is 13.4. The van der Waals surface area contributed by atoms with Gasteiger partial charge >= 0.3 is 5.97 Å². The SMILES string of the molecule is COC(=O)CCCS(=O)(=O)Nc1n[nH]c(C)n1. The van der Waals surface area contributed by atoms with E-state index in [4.69, 9.17) is 0 Å². The number of nitrogens with zero attached hydrogens (tertiary/aromatic N) is 2. The lowest BCUT2D eigenvalue weighted by atomic mass is 10.3. The number of aromatic nitrogens is 3. The molecule has 0 saturated heterocycles. The lowest BCUT2D eigenvalue weighted by molar-refractivity contribution is -0.140. The first-order chi connectivity index (χ1) is 7.93. The van der Waals surface area contributed by atoms with Crippen LogP contribution in [0.5, 0.6) is 0 Å². The molecule has 0 spiro atoms. The van der Waals surface area contributed by atoms with Crippen molar-refractivity contribution in [2.75, 3.05) is 17.6 Å². The summed E-state index contributed by atoms with van der Waals surface area (Å²) in [7, 11) is -2.27. The van der Waals surface area contributed by atoms with Crippen molar-refractivity contribution in [1.29, 1.82) is 0 Å². The molecule has 1 heterocycles. The van der Waals surface area contributed by atoms with Gasteiger partial charge in [0, 0.05) is 6.42 Å². The normalized spacial score (nSPS) is 11.2. The van der Waals surface area contributed by atoms with E-state index in [1.807, 2.05) is 0 Å². The molecule has 1 aromatic heterocycles. The van der Waals surface area contributed by atoms with E-state index in [0.29, 0.717) is 5.82 Å². The number of nitrogens with one attached hydrogen (secondary N) is 2. The van der Waals surface area contributed by atoms with Gasteiger partial charge in [0.2, 0.25) is 10.0 Å². The average molecular weight is 262 g/mol. The number of esters is 1. The Morgan fingerprint density at radius 2 is 2.24 bits per heavy atom. The van der Waals surface area contributed by atoms with E-state index in [1.54, 1.807) is 6.92 Å². The van der Waals surface area contributed by atoms with Gasteiger partial charge in [-0.2, -0.15) is 4.98 Å². The highest BCUT2D eigenvalue weighted by atomic mass is 32.2. The van der Waals surface area contributed by atoms with Gasteiger partial charge in [-0.05, 0) is 13.3 Å². The fraction of sp³-hybridized carbons (Fsp3) is 0.625. The van der Waals surface area contributed by atoms with Crippen LogP contribution in [-0.2, 0) is 19.6 Å². The lowest BCUT2D eigenvalue weighted by Gasteiger charge is -2.03. The van der Waals surface area contributed by atoms with Crippen molar-refractivity contribution in [3.05, 3.63) is 5.82 Å². The molecule has 1 aromatic rings. The molecule has 0 amide bonds. The zero-order chi connectivity index (χ0) is 12.9. The van der Waals surface area contributed by atoms with Gasteiger partial charge in [-0.15, -0.1) is 5.10 Å². The van der Waals surface area contributed by atoms with Crippen LogP contribution in [0.2, 0.25) is 0 Å². The Labute approximate surface area is 98.8 Å². The molecule has 0 aliphatic heterocycles. The Bertz CT molecular complexity index is 481. The summed E-state index contributed by atoms with van der Waals surface area (Å²) in [6, 6.07) is 0. The van der Waals surface area contributed by atoms with Crippen LogP contribution in [0.15, 0.2) is 0 Å². The van der Waals surface area contributed by atoms with Gasteiger partial charge in [-0.25, -0.2) is 13.1 Å². The number of rotatable bonds is 6. The van der Waals surface area contributed by atoms with Crippen molar-refractivity contribution in [3.8, 4) is 0 Å². The molecular weight excluding hydrogens is 248 g/mol. The van der Waals surface area contributed by atoms with E-state index in [1.165, 1.54) is 7.11 Å². The number of aromatic amines is 1. The predicted molar refractivity (Wildman–Crippen MR) is 59.8 cm³/mol. The van der Waals surface area contributed by atoms with Crippen molar-refractivity contribution in [2.24, 2.45) is 0 Å². The van der Waals surface area contributed by atoms with Crippen molar-refractivity contribution in [1.82, 2.24) is 15.2 Å². The number of H-pyrrole nitrogens is 1. The zero-order valence-electron chi connectivity index (χ0n) is 9.56. The molecule has 2 N–H and O–H groups in total. The first-order valence-corrected chi connectivity index (χ1v) is 6.54. The minimum Gasteiger partial charge on any atom is -0.469 e. The van der Waals surface area contributed by atoms with Crippen LogP contribution in [0.25, 0.3) is 0 Å². The van der Waals surface area contributed by atoms with Gasteiger partial charge in [0.05, 0.1) is 12.9 Å². The average Bonchev–Trinajstić information content (AvgIpc) is 2.62. The third kappa shape index (κ3) is 4.81. The van der Waals surface area contributed by atoms with Gasteiger partial charge in [-0.1, -0.05) is 0 Å².